The zero-order valence-electron chi connectivity index (χ0n) is 13.9. The summed E-state index contributed by atoms with van der Waals surface area (Å²) in [7, 11) is 1.61. The minimum absolute atomic E-state index is 0. The quantitative estimate of drug-likeness (QED) is 0.679. The van der Waals surface area contributed by atoms with Crippen LogP contribution in [-0.4, -0.2) is 57.2 Å². The fraction of sp³-hybridized carbons (Fsp3) is 0.588. The Bertz CT molecular complexity index is 489. The van der Waals surface area contributed by atoms with Crippen molar-refractivity contribution >= 4 is 18.2 Å². The van der Waals surface area contributed by atoms with E-state index in [4.69, 9.17) is 14.2 Å². The summed E-state index contributed by atoms with van der Waals surface area (Å²) in [5.41, 5.74) is 0.643. The molecule has 0 aliphatic carbocycles. The summed E-state index contributed by atoms with van der Waals surface area (Å²) in [4.78, 5) is 14.5. The van der Waals surface area contributed by atoms with E-state index >= 15 is 0 Å². The van der Waals surface area contributed by atoms with Gasteiger partial charge in [-0.1, -0.05) is 6.92 Å². The molecule has 23 heavy (non-hydrogen) atoms. The number of rotatable bonds is 8. The number of morpholine rings is 1. The molecule has 0 aromatic heterocycles. The molecule has 1 aliphatic heterocycles. The topological polar surface area (TPSA) is 48.0 Å². The van der Waals surface area contributed by atoms with E-state index in [2.05, 4.69) is 4.90 Å². The van der Waals surface area contributed by atoms with Crippen LogP contribution in [0.15, 0.2) is 18.2 Å². The van der Waals surface area contributed by atoms with Crippen molar-refractivity contribution in [3.63, 3.8) is 0 Å². The van der Waals surface area contributed by atoms with E-state index in [-0.39, 0.29) is 18.2 Å². The molecular weight excluding hydrogens is 318 g/mol. The van der Waals surface area contributed by atoms with Gasteiger partial charge in [0.15, 0.2) is 5.78 Å². The number of carbonyl (C=O) groups excluding carboxylic acids is 1. The third-order valence-electron chi connectivity index (χ3n) is 3.74. The molecule has 1 saturated heterocycles. The lowest BCUT2D eigenvalue weighted by Gasteiger charge is -2.26. The van der Waals surface area contributed by atoms with Crippen LogP contribution in [0.25, 0.3) is 0 Å². The Kier molecular flexibility index (Phi) is 8.99. The molecule has 1 aliphatic rings. The van der Waals surface area contributed by atoms with Crippen LogP contribution in [0.3, 0.4) is 0 Å². The van der Waals surface area contributed by atoms with Crippen molar-refractivity contribution < 1.29 is 19.0 Å². The third-order valence-corrected chi connectivity index (χ3v) is 3.74. The lowest BCUT2D eigenvalue weighted by atomic mass is 10.1. The third kappa shape index (κ3) is 6.01. The Morgan fingerprint density at radius 1 is 1.30 bits per heavy atom. The predicted molar refractivity (Wildman–Crippen MR) is 92.2 cm³/mol. The SMILES string of the molecule is CCCC(=O)c1ccc(OC)cc1OCCN1CCOCC1.Cl. The van der Waals surface area contributed by atoms with Crippen LogP contribution >= 0.6 is 12.4 Å². The number of Topliss-reactive ketones (excluding diaryl/α,β-unsaturated/α-hetero) is 1. The first-order chi connectivity index (χ1) is 10.7. The van der Waals surface area contributed by atoms with E-state index < -0.39 is 0 Å². The van der Waals surface area contributed by atoms with Crippen molar-refractivity contribution in [2.75, 3.05) is 46.6 Å². The smallest absolute Gasteiger partial charge is 0.166 e. The van der Waals surface area contributed by atoms with Gasteiger partial charge in [0.2, 0.25) is 0 Å². The normalized spacial score (nSPS) is 14.9. The molecule has 0 spiro atoms. The van der Waals surface area contributed by atoms with Crippen LogP contribution in [0.2, 0.25) is 0 Å². The van der Waals surface area contributed by atoms with Crippen molar-refractivity contribution in [2.24, 2.45) is 0 Å². The number of benzene rings is 1. The van der Waals surface area contributed by atoms with Gasteiger partial charge < -0.3 is 14.2 Å². The Balaban J connectivity index is 0.00000264. The summed E-state index contributed by atoms with van der Waals surface area (Å²) in [6.45, 7) is 6.81. The van der Waals surface area contributed by atoms with E-state index in [9.17, 15) is 4.79 Å². The molecule has 6 heteroatoms. The molecule has 0 radical (unpaired) electrons. The summed E-state index contributed by atoms with van der Waals surface area (Å²) < 4.78 is 16.4. The Labute approximate surface area is 144 Å². The van der Waals surface area contributed by atoms with Gasteiger partial charge in [0.05, 0.1) is 25.9 Å². The molecule has 0 N–H and O–H groups in total. The Morgan fingerprint density at radius 3 is 2.70 bits per heavy atom. The molecule has 1 aromatic rings. The van der Waals surface area contributed by atoms with Crippen molar-refractivity contribution in [1.82, 2.24) is 4.90 Å². The first kappa shape index (κ1) is 19.7. The van der Waals surface area contributed by atoms with Gasteiger partial charge in [-0.3, -0.25) is 9.69 Å². The largest absolute Gasteiger partial charge is 0.497 e. The van der Waals surface area contributed by atoms with Crippen molar-refractivity contribution in [3.8, 4) is 11.5 Å². The minimum Gasteiger partial charge on any atom is -0.497 e. The number of ketones is 1. The van der Waals surface area contributed by atoms with Crippen LogP contribution in [-0.2, 0) is 4.74 Å². The van der Waals surface area contributed by atoms with Gasteiger partial charge in [-0.2, -0.15) is 0 Å². The molecule has 0 unspecified atom stereocenters. The van der Waals surface area contributed by atoms with E-state index in [1.807, 2.05) is 6.92 Å². The van der Waals surface area contributed by atoms with E-state index in [1.165, 1.54) is 0 Å². The lowest BCUT2D eigenvalue weighted by Crippen LogP contribution is -2.38. The zero-order chi connectivity index (χ0) is 15.8. The second kappa shape index (κ2) is 10.5. The maximum absolute atomic E-state index is 12.2. The second-order valence-corrected chi connectivity index (χ2v) is 5.34. The van der Waals surface area contributed by atoms with E-state index in [1.54, 1.807) is 25.3 Å². The van der Waals surface area contributed by atoms with Crippen molar-refractivity contribution in [1.29, 1.82) is 0 Å². The average Bonchev–Trinajstić information content (AvgIpc) is 2.56. The highest BCUT2D eigenvalue weighted by molar-refractivity contribution is 5.98. The lowest BCUT2D eigenvalue weighted by molar-refractivity contribution is 0.0322. The maximum atomic E-state index is 12.2. The fourth-order valence-corrected chi connectivity index (χ4v) is 2.45. The number of ether oxygens (including phenoxy) is 3. The summed E-state index contributed by atoms with van der Waals surface area (Å²) in [6, 6.07) is 5.39. The molecule has 0 amide bonds. The van der Waals surface area contributed by atoms with Crippen LogP contribution in [0.5, 0.6) is 11.5 Å². The molecular formula is C17H26ClNO4. The van der Waals surface area contributed by atoms with Gasteiger partial charge in [0.25, 0.3) is 0 Å². The summed E-state index contributed by atoms with van der Waals surface area (Å²) in [5, 5.41) is 0. The first-order valence-electron chi connectivity index (χ1n) is 7.88. The van der Waals surface area contributed by atoms with Gasteiger partial charge in [0.1, 0.15) is 18.1 Å². The van der Waals surface area contributed by atoms with Gasteiger partial charge in [-0.25, -0.2) is 0 Å². The molecule has 130 valence electrons. The molecule has 2 rings (SSSR count). The predicted octanol–water partition coefficient (Wildman–Crippen LogP) is 2.81. The number of nitrogens with zero attached hydrogens (tertiary/aromatic N) is 1. The standard InChI is InChI=1S/C17H25NO4.ClH/c1-3-4-16(19)15-6-5-14(20-2)13-17(15)22-12-9-18-7-10-21-11-8-18;/h5-6,13H,3-4,7-12H2,1-2H3;1H. The number of halogens is 1. The number of hydrogen-bond donors (Lipinski definition) is 0. The number of carbonyl (C=O) groups is 1. The second-order valence-electron chi connectivity index (χ2n) is 5.34. The van der Waals surface area contributed by atoms with Crippen molar-refractivity contribution in [2.45, 2.75) is 19.8 Å². The van der Waals surface area contributed by atoms with Crippen LogP contribution in [0, 0.1) is 0 Å². The molecule has 5 nitrogen and oxygen atoms in total. The number of hydrogen-bond acceptors (Lipinski definition) is 5. The summed E-state index contributed by atoms with van der Waals surface area (Å²) in [6.07, 6.45) is 1.37. The molecule has 0 atom stereocenters. The van der Waals surface area contributed by atoms with Gasteiger partial charge in [0, 0.05) is 32.1 Å². The van der Waals surface area contributed by atoms with Gasteiger partial charge in [-0.15, -0.1) is 12.4 Å². The zero-order valence-corrected chi connectivity index (χ0v) is 14.7. The maximum Gasteiger partial charge on any atom is 0.166 e. The molecule has 0 bridgehead atoms. The van der Waals surface area contributed by atoms with Crippen LogP contribution < -0.4 is 9.47 Å². The summed E-state index contributed by atoms with van der Waals surface area (Å²) in [5.74, 6) is 1.44. The fourth-order valence-electron chi connectivity index (χ4n) is 2.45. The monoisotopic (exact) mass is 343 g/mol. The van der Waals surface area contributed by atoms with E-state index in [0.29, 0.717) is 30.1 Å². The highest BCUT2D eigenvalue weighted by atomic mass is 35.5. The molecule has 1 fully saturated rings. The highest BCUT2D eigenvalue weighted by Crippen LogP contribution is 2.26. The Morgan fingerprint density at radius 2 is 2.04 bits per heavy atom. The summed E-state index contributed by atoms with van der Waals surface area (Å²) >= 11 is 0. The number of methoxy groups -OCH3 is 1. The van der Waals surface area contributed by atoms with Gasteiger partial charge in [-0.05, 0) is 18.6 Å². The molecule has 0 saturated carbocycles. The highest BCUT2D eigenvalue weighted by Gasteiger charge is 2.14. The minimum atomic E-state index is 0. The molecule has 1 heterocycles. The van der Waals surface area contributed by atoms with E-state index in [0.717, 1.165) is 39.3 Å². The van der Waals surface area contributed by atoms with Gasteiger partial charge >= 0.3 is 0 Å². The molecule has 1 aromatic carbocycles. The Hall–Kier alpha value is -1.30. The van der Waals surface area contributed by atoms with Crippen LogP contribution in [0.4, 0.5) is 0 Å². The van der Waals surface area contributed by atoms with Crippen LogP contribution in [0.1, 0.15) is 30.1 Å². The first-order valence-corrected chi connectivity index (χ1v) is 7.88. The average molecular weight is 344 g/mol. The van der Waals surface area contributed by atoms with Crippen molar-refractivity contribution in [3.05, 3.63) is 23.8 Å².